The van der Waals surface area contributed by atoms with Crippen molar-refractivity contribution in [1.82, 2.24) is 9.88 Å². The van der Waals surface area contributed by atoms with Gasteiger partial charge in [-0.15, -0.1) is 12.4 Å². The van der Waals surface area contributed by atoms with Crippen molar-refractivity contribution in [2.75, 3.05) is 36.8 Å². The molecular weight excluding hydrogens is 513 g/mol. The molecule has 0 aliphatic rings. The second-order valence-electron chi connectivity index (χ2n) is 7.97. The van der Waals surface area contributed by atoms with Crippen LogP contribution in [0.2, 0.25) is 5.02 Å². The van der Waals surface area contributed by atoms with Gasteiger partial charge in [0.1, 0.15) is 0 Å². The predicted molar refractivity (Wildman–Crippen MR) is 145 cm³/mol. The highest BCUT2D eigenvalue weighted by Gasteiger charge is 2.24. The second kappa shape index (κ2) is 12.3. The molecule has 6 nitrogen and oxygen atoms in total. The normalized spacial score (nSPS) is 11.6. The fourth-order valence-electron chi connectivity index (χ4n) is 3.53. The lowest BCUT2D eigenvalue weighted by molar-refractivity contribution is -0.118. The van der Waals surface area contributed by atoms with Gasteiger partial charge in [0, 0.05) is 24.5 Å². The fraction of sp³-hybridized carbons (Fsp3) is 0.417. The molecule has 0 bridgehead atoms. The number of hydrogen-bond acceptors (Lipinski definition) is 6. The Balaban J connectivity index is 0.00000408. The Labute approximate surface area is 217 Å². The fourth-order valence-corrected chi connectivity index (χ4v) is 5.98. The summed E-state index contributed by atoms with van der Waals surface area (Å²) in [6.07, 6.45) is -0.107. The van der Waals surface area contributed by atoms with Crippen LogP contribution < -0.4 is 4.90 Å². The van der Waals surface area contributed by atoms with Gasteiger partial charge in [0.05, 0.1) is 20.9 Å². The molecular formula is C24H31Cl2N3O3S2. The van der Waals surface area contributed by atoms with E-state index in [0.717, 1.165) is 34.4 Å². The van der Waals surface area contributed by atoms with Crippen molar-refractivity contribution >= 4 is 66.4 Å². The number of anilines is 1. The lowest BCUT2D eigenvalue weighted by Gasteiger charge is -2.24. The summed E-state index contributed by atoms with van der Waals surface area (Å²) in [4.78, 5) is 22.1. The zero-order valence-corrected chi connectivity index (χ0v) is 23.1. The highest BCUT2D eigenvalue weighted by molar-refractivity contribution is 7.91. The average molecular weight is 545 g/mol. The van der Waals surface area contributed by atoms with Crippen LogP contribution in [0.3, 0.4) is 0 Å². The van der Waals surface area contributed by atoms with Gasteiger partial charge in [0.25, 0.3) is 0 Å². The SMILES string of the molecule is CCN(CC)CCN(C(=O)CCS(=O)(=O)c1ccc(C)cc1)c1nc2c(C)c(Cl)ccc2s1.Cl. The largest absolute Gasteiger partial charge is 0.302 e. The van der Waals surface area contributed by atoms with Crippen LogP contribution in [0.15, 0.2) is 41.3 Å². The molecule has 3 aromatic rings. The molecule has 3 rings (SSSR count). The minimum Gasteiger partial charge on any atom is -0.302 e. The Morgan fingerprint density at radius 1 is 1.03 bits per heavy atom. The maximum absolute atomic E-state index is 13.3. The maximum atomic E-state index is 13.3. The average Bonchev–Trinajstić information content (AvgIpc) is 3.23. The Morgan fingerprint density at radius 2 is 1.68 bits per heavy atom. The van der Waals surface area contributed by atoms with Crippen LogP contribution in [0, 0.1) is 13.8 Å². The van der Waals surface area contributed by atoms with Gasteiger partial charge in [0.15, 0.2) is 15.0 Å². The van der Waals surface area contributed by atoms with E-state index in [9.17, 15) is 13.2 Å². The Bertz CT molecular complexity index is 1220. The summed E-state index contributed by atoms with van der Waals surface area (Å²) in [5.74, 6) is -0.493. The van der Waals surface area contributed by atoms with E-state index >= 15 is 0 Å². The van der Waals surface area contributed by atoms with Crippen LogP contribution in [0.4, 0.5) is 5.13 Å². The first-order valence-electron chi connectivity index (χ1n) is 11.0. The molecule has 0 atom stereocenters. The zero-order valence-electron chi connectivity index (χ0n) is 19.9. The van der Waals surface area contributed by atoms with Crippen LogP contribution in [0.1, 0.15) is 31.4 Å². The van der Waals surface area contributed by atoms with Crippen molar-refractivity contribution in [3.8, 4) is 0 Å². The first-order valence-corrected chi connectivity index (χ1v) is 13.9. The van der Waals surface area contributed by atoms with Gasteiger partial charge in [-0.2, -0.15) is 0 Å². The lowest BCUT2D eigenvalue weighted by atomic mass is 10.2. The third-order valence-corrected chi connectivity index (χ3v) is 8.95. The van der Waals surface area contributed by atoms with Gasteiger partial charge in [-0.25, -0.2) is 13.4 Å². The Kier molecular flexibility index (Phi) is 10.3. The maximum Gasteiger partial charge on any atom is 0.229 e. The molecule has 0 radical (unpaired) electrons. The predicted octanol–water partition coefficient (Wildman–Crippen LogP) is 5.53. The summed E-state index contributed by atoms with van der Waals surface area (Å²) < 4.78 is 26.5. The number of carbonyl (C=O) groups excluding carboxylic acids is 1. The van der Waals surface area contributed by atoms with Crippen molar-refractivity contribution in [3.63, 3.8) is 0 Å². The molecule has 1 amide bonds. The molecule has 0 N–H and O–H groups in total. The van der Waals surface area contributed by atoms with E-state index in [-0.39, 0.29) is 35.4 Å². The summed E-state index contributed by atoms with van der Waals surface area (Å²) in [6.45, 7) is 10.8. The van der Waals surface area contributed by atoms with Crippen LogP contribution in [-0.4, -0.2) is 56.1 Å². The van der Waals surface area contributed by atoms with Gasteiger partial charge in [-0.3, -0.25) is 9.69 Å². The number of carbonyl (C=O) groups is 1. The van der Waals surface area contributed by atoms with E-state index in [4.69, 9.17) is 16.6 Å². The number of benzene rings is 2. The van der Waals surface area contributed by atoms with E-state index in [1.807, 2.05) is 26.0 Å². The van der Waals surface area contributed by atoms with Crippen molar-refractivity contribution in [2.45, 2.75) is 39.0 Å². The topological polar surface area (TPSA) is 70.6 Å². The van der Waals surface area contributed by atoms with Gasteiger partial charge < -0.3 is 4.90 Å². The number of aromatic nitrogens is 1. The molecule has 10 heteroatoms. The first kappa shape index (κ1) is 28.5. The number of amides is 1. The number of likely N-dealkylation sites (N-methyl/N-ethyl adjacent to an activating group) is 1. The van der Waals surface area contributed by atoms with Crippen molar-refractivity contribution in [3.05, 3.63) is 52.5 Å². The summed E-state index contributed by atoms with van der Waals surface area (Å²) in [5, 5.41) is 1.20. The molecule has 0 aliphatic heterocycles. The highest BCUT2D eigenvalue weighted by atomic mass is 35.5. The van der Waals surface area contributed by atoms with Crippen molar-refractivity contribution in [2.24, 2.45) is 0 Å². The molecule has 34 heavy (non-hydrogen) atoms. The van der Waals surface area contributed by atoms with Crippen molar-refractivity contribution < 1.29 is 13.2 Å². The third-order valence-electron chi connectivity index (χ3n) is 5.77. The summed E-state index contributed by atoms with van der Waals surface area (Å²) in [5.41, 5.74) is 2.63. The highest BCUT2D eigenvalue weighted by Crippen LogP contribution is 2.34. The number of nitrogens with zero attached hydrogens (tertiary/aromatic N) is 3. The van der Waals surface area contributed by atoms with Crippen LogP contribution in [0.25, 0.3) is 10.2 Å². The molecule has 1 heterocycles. The Hall–Kier alpha value is -1.71. The number of halogens is 2. The van der Waals surface area contributed by atoms with Gasteiger partial charge in [-0.05, 0) is 56.8 Å². The van der Waals surface area contributed by atoms with Crippen LogP contribution in [-0.2, 0) is 14.6 Å². The van der Waals surface area contributed by atoms with Crippen LogP contribution in [0.5, 0.6) is 0 Å². The molecule has 1 aromatic heterocycles. The minimum absolute atomic E-state index is 0. The van der Waals surface area contributed by atoms with E-state index in [1.54, 1.807) is 29.2 Å². The standard InChI is InChI=1S/C24H30ClN3O3S2.ClH/c1-5-27(6-2)14-15-28(24-26-23-18(4)20(25)11-12-21(23)32-24)22(29)13-16-33(30,31)19-9-7-17(3)8-10-19;/h7-12H,5-6,13-16H2,1-4H3;1H. The van der Waals surface area contributed by atoms with Gasteiger partial charge >= 0.3 is 0 Å². The third kappa shape index (κ3) is 6.70. The van der Waals surface area contributed by atoms with E-state index < -0.39 is 9.84 Å². The molecule has 2 aromatic carbocycles. The molecule has 186 valence electrons. The van der Waals surface area contributed by atoms with Crippen LogP contribution >= 0.6 is 35.3 Å². The quantitative estimate of drug-likeness (QED) is 0.336. The molecule has 0 saturated heterocycles. The number of fused-ring (bicyclic) bond motifs is 1. The monoisotopic (exact) mass is 543 g/mol. The Morgan fingerprint density at radius 3 is 2.29 bits per heavy atom. The number of thiazole rings is 1. The molecule has 0 saturated carbocycles. The summed E-state index contributed by atoms with van der Waals surface area (Å²) in [6, 6.07) is 10.4. The number of aryl methyl sites for hydroxylation is 2. The molecule has 0 unspecified atom stereocenters. The molecule has 0 aliphatic carbocycles. The minimum atomic E-state index is -3.56. The van der Waals surface area contributed by atoms with Gasteiger partial charge in [-0.1, -0.05) is 54.5 Å². The number of hydrogen-bond donors (Lipinski definition) is 0. The van der Waals surface area contributed by atoms with Gasteiger partial charge in [0.2, 0.25) is 5.91 Å². The second-order valence-corrected chi connectivity index (χ2v) is 11.5. The molecule has 0 spiro atoms. The summed E-state index contributed by atoms with van der Waals surface area (Å²) >= 11 is 7.68. The zero-order chi connectivity index (χ0) is 24.2. The van der Waals surface area contributed by atoms with E-state index in [0.29, 0.717) is 23.2 Å². The summed E-state index contributed by atoms with van der Waals surface area (Å²) in [7, 11) is -3.56. The van der Waals surface area contributed by atoms with Crippen molar-refractivity contribution in [1.29, 1.82) is 0 Å². The lowest BCUT2D eigenvalue weighted by Crippen LogP contribution is -2.39. The van der Waals surface area contributed by atoms with E-state index in [2.05, 4.69) is 18.7 Å². The van der Waals surface area contributed by atoms with E-state index in [1.165, 1.54) is 11.3 Å². The first-order chi connectivity index (χ1) is 15.7. The number of sulfone groups is 1. The number of rotatable bonds is 10. The smallest absolute Gasteiger partial charge is 0.229 e. The molecule has 0 fully saturated rings.